The molecule has 0 rings (SSSR count). The molecular formula is C8H19O2P. The van der Waals surface area contributed by atoms with Gasteiger partial charge in [0.05, 0.1) is 6.10 Å². The second kappa shape index (κ2) is 3.28. The Hall–Kier alpha value is 0.190. The third-order valence-electron chi connectivity index (χ3n) is 1.63. The zero-order valence-electron chi connectivity index (χ0n) is 8.34. The first-order valence-corrected chi connectivity index (χ1v) is 6.00. The van der Waals surface area contributed by atoms with Crippen molar-refractivity contribution >= 4 is 7.37 Å². The third-order valence-corrected chi connectivity index (χ3v) is 4.89. The van der Waals surface area contributed by atoms with Crippen LogP contribution in [0.25, 0.3) is 0 Å². The summed E-state index contributed by atoms with van der Waals surface area (Å²) in [6.45, 7) is 11.3. The number of hydrogen-bond acceptors (Lipinski definition) is 2. The summed E-state index contributed by atoms with van der Waals surface area (Å²) in [6.07, 6.45) is 0.0464. The molecule has 0 fully saturated rings. The van der Waals surface area contributed by atoms with Gasteiger partial charge >= 0.3 is 0 Å². The van der Waals surface area contributed by atoms with E-state index < -0.39 is 7.37 Å². The molecule has 1 atom stereocenters. The van der Waals surface area contributed by atoms with Crippen LogP contribution in [0.3, 0.4) is 0 Å². The van der Waals surface area contributed by atoms with E-state index in [0.29, 0.717) is 0 Å². The molecular weight excluding hydrogens is 159 g/mol. The van der Waals surface area contributed by atoms with Gasteiger partial charge in [-0.05, 0) is 13.8 Å². The predicted octanol–water partition coefficient (Wildman–Crippen LogP) is 3.12. The van der Waals surface area contributed by atoms with Gasteiger partial charge in [0, 0.05) is 11.8 Å². The summed E-state index contributed by atoms with van der Waals surface area (Å²) in [7, 11) is -2.43. The minimum Gasteiger partial charge on any atom is -0.326 e. The van der Waals surface area contributed by atoms with E-state index >= 15 is 0 Å². The Bertz CT molecular complexity index is 167. The average molecular weight is 178 g/mol. The molecule has 68 valence electrons. The van der Waals surface area contributed by atoms with E-state index in [1.165, 1.54) is 0 Å². The Morgan fingerprint density at radius 2 is 1.64 bits per heavy atom. The second-order valence-corrected chi connectivity index (χ2v) is 7.42. The van der Waals surface area contributed by atoms with E-state index in [0.717, 1.165) is 0 Å². The minimum atomic E-state index is -2.43. The fraction of sp³-hybridized carbons (Fsp3) is 1.00. The van der Waals surface area contributed by atoms with Gasteiger partial charge in [-0.25, -0.2) is 0 Å². The van der Waals surface area contributed by atoms with Crippen molar-refractivity contribution in [2.45, 2.75) is 45.9 Å². The van der Waals surface area contributed by atoms with Crippen molar-refractivity contribution in [3.8, 4) is 0 Å². The summed E-state index contributed by atoms with van der Waals surface area (Å²) in [6, 6.07) is 0. The summed E-state index contributed by atoms with van der Waals surface area (Å²) in [4.78, 5) is 0. The SMILES string of the molecule is CC(C)OP(C)(=O)C(C)(C)C. The Morgan fingerprint density at radius 1 is 1.27 bits per heavy atom. The Labute approximate surface area is 69.8 Å². The predicted molar refractivity (Wildman–Crippen MR) is 49.5 cm³/mol. The smallest absolute Gasteiger partial charge is 0.205 e. The van der Waals surface area contributed by atoms with E-state index in [1.807, 2.05) is 34.6 Å². The molecule has 0 aromatic rings. The normalized spacial score (nSPS) is 18.5. The number of rotatable bonds is 2. The quantitative estimate of drug-likeness (QED) is 0.607. The number of hydrogen-bond donors (Lipinski definition) is 0. The largest absolute Gasteiger partial charge is 0.326 e. The van der Waals surface area contributed by atoms with Gasteiger partial charge < -0.3 is 4.52 Å². The topological polar surface area (TPSA) is 26.3 Å². The Balaban J connectivity index is 4.36. The van der Waals surface area contributed by atoms with E-state index in [9.17, 15) is 4.57 Å². The van der Waals surface area contributed by atoms with E-state index in [1.54, 1.807) is 6.66 Å². The molecule has 0 aliphatic heterocycles. The molecule has 3 heteroatoms. The maximum atomic E-state index is 11.8. The van der Waals surface area contributed by atoms with Gasteiger partial charge in [-0.3, -0.25) is 4.57 Å². The summed E-state index contributed by atoms with van der Waals surface area (Å²) >= 11 is 0. The van der Waals surface area contributed by atoms with Crippen LogP contribution in [-0.2, 0) is 9.09 Å². The fourth-order valence-electron chi connectivity index (χ4n) is 0.560. The first-order chi connectivity index (χ1) is 4.67. The van der Waals surface area contributed by atoms with Crippen molar-refractivity contribution < 1.29 is 9.09 Å². The highest BCUT2D eigenvalue weighted by Crippen LogP contribution is 2.55. The summed E-state index contributed by atoms with van der Waals surface area (Å²) in [5.74, 6) is 0. The van der Waals surface area contributed by atoms with E-state index in [2.05, 4.69) is 0 Å². The van der Waals surface area contributed by atoms with Gasteiger partial charge in [0.15, 0.2) is 0 Å². The molecule has 0 saturated heterocycles. The van der Waals surface area contributed by atoms with Crippen molar-refractivity contribution in [2.75, 3.05) is 6.66 Å². The highest BCUT2D eigenvalue weighted by atomic mass is 31.2. The van der Waals surface area contributed by atoms with Crippen LogP contribution in [0, 0.1) is 0 Å². The van der Waals surface area contributed by atoms with Crippen molar-refractivity contribution in [1.29, 1.82) is 0 Å². The van der Waals surface area contributed by atoms with Crippen LogP contribution in [0.1, 0.15) is 34.6 Å². The average Bonchev–Trinajstić information content (AvgIpc) is 1.56. The lowest BCUT2D eigenvalue weighted by molar-refractivity contribution is 0.236. The molecule has 0 aliphatic rings. The molecule has 2 nitrogen and oxygen atoms in total. The molecule has 0 aromatic carbocycles. The third kappa shape index (κ3) is 3.39. The van der Waals surface area contributed by atoms with Gasteiger partial charge in [0.25, 0.3) is 0 Å². The minimum absolute atomic E-state index is 0.0464. The lowest BCUT2D eigenvalue weighted by Crippen LogP contribution is -2.18. The Kier molecular flexibility index (Phi) is 3.34. The Morgan fingerprint density at radius 3 is 1.73 bits per heavy atom. The lowest BCUT2D eigenvalue weighted by atomic mass is 10.3. The standard InChI is InChI=1S/C8H19O2P/c1-7(2)10-11(6,9)8(3,4)5/h7H,1-6H3. The van der Waals surface area contributed by atoms with Crippen LogP contribution in [0.2, 0.25) is 0 Å². The van der Waals surface area contributed by atoms with Crippen LogP contribution in [0.4, 0.5) is 0 Å². The van der Waals surface area contributed by atoms with Gasteiger partial charge in [0.1, 0.15) is 0 Å². The van der Waals surface area contributed by atoms with Gasteiger partial charge in [0.2, 0.25) is 7.37 Å². The summed E-state index contributed by atoms with van der Waals surface area (Å²) in [5, 5.41) is -0.239. The molecule has 0 spiro atoms. The highest BCUT2D eigenvalue weighted by molar-refractivity contribution is 7.59. The molecule has 0 aliphatic carbocycles. The molecule has 11 heavy (non-hydrogen) atoms. The van der Waals surface area contributed by atoms with Crippen LogP contribution < -0.4 is 0 Å². The molecule has 0 heterocycles. The highest BCUT2D eigenvalue weighted by Gasteiger charge is 2.33. The zero-order valence-corrected chi connectivity index (χ0v) is 9.24. The van der Waals surface area contributed by atoms with Crippen LogP contribution in [0.5, 0.6) is 0 Å². The van der Waals surface area contributed by atoms with E-state index in [4.69, 9.17) is 4.52 Å². The second-order valence-electron chi connectivity index (χ2n) is 4.17. The van der Waals surface area contributed by atoms with Crippen molar-refractivity contribution in [2.24, 2.45) is 0 Å². The first-order valence-electron chi connectivity index (χ1n) is 3.93. The van der Waals surface area contributed by atoms with Crippen LogP contribution in [0.15, 0.2) is 0 Å². The van der Waals surface area contributed by atoms with Crippen LogP contribution in [-0.4, -0.2) is 17.9 Å². The molecule has 0 N–H and O–H groups in total. The van der Waals surface area contributed by atoms with Gasteiger partial charge in [-0.2, -0.15) is 0 Å². The maximum absolute atomic E-state index is 11.8. The lowest BCUT2D eigenvalue weighted by Gasteiger charge is -2.28. The molecule has 0 aromatic heterocycles. The molecule has 0 bridgehead atoms. The molecule has 1 unspecified atom stereocenters. The summed E-state index contributed by atoms with van der Waals surface area (Å²) < 4.78 is 17.2. The zero-order chi connectivity index (χ0) is 9.28. The van der Waals surface area contributed by atoms with Gasteiger partial charge in [-0.1, -0.05) is 20.8 Å². The molecule has 0 radical (unpaired) electrons. The van der Waals surface area contributed by atoms with E-state index in [-0.39, 0.29) is 11.3 Å². The fourth-order valence-corrected chi connectivity index (χ4v) is 1.68. The van der Waals surface area contributed by atoms with Crippen molar-refractivity contribution in [1.82, 2.24) is 0 Å². The molecule has 0 saturated carbocycles. The molecule has 0 amide bonds. The monoisotopic (exact) mass is 178 g/mol. The first kappa shape index (κ1) is 11.2. The van der Waals surface area contributed by atoms with Gasteiger partial charge in [-0.15, -0.1) is 0 Å². The summed E-state index contributed by atoms with van der Waals surface area (Å²) in [5.41, 5.74) is 0. The van der Waals surface area contributed by atoms with Crippen molar-refractivity contribution in [3.63, 3.8) is 0 Å². The maximum Gasteiger partial charge on any atom is 0.205 e. The van der Waals surface area contributed by atoms with Crippen molar-refractivity contribution in [3.05, 3.63) is 0 Å². The van der Waals surface area contributed by atoms with Crippen LogP contribution >= 0.6 is 7.37 Å².